The smallest absolute Gasteiger partial charge is 0.340 e. The van der Waals surface area contributed by atoms with Crippen LogP contribution in [0.4, 0.5) is 0 Å². The molecule has 2 saturated carbocycles. The molecule has 12 atom stereocenters. The average Bonchev–Trinajstić information content (AvgIpc) is 3.41. The van der Waals surface area contributed by atoms with E-state index in [0.717, 1.165) is 41.5 Å². The first-order valence-corrected chi connectivity index (χ1v) is 19.9. The Bertz CT molecular complexity index is 2140. The highest BCUT2D eigenvalue weighted by molar-refractivity contribution is 5.91. The van der Waals surface area contributed by atoms with Gasteiger partial charge >= 0.3 is 47.8 Å². The van der Waals surface area contributed by atoms with Crippen molar-refractivity contribution in [3.63, 3.8) is 0 Å². The van der Waals surface area contributed by atoms with Gasteiger partial charge < -0.3 is 47.7 Å². The quantitative estimate of drug-likeness (QED) is 0.295. The van der Waals surface area contributed by atoms with Crippen LogP contribution in [0.2, 0.25) is 0 Å². The molecule has 6 rings (SSSR count). The van der Waals surface area contributed by atoms with Crippen molar-refractivity contribution in [3.05, 3.63) is 65.5 Å². The summed E-state index contributed by atoms with van der Waals surface area (Å²) in [6.45, 7) is 7.16. The fraction of sp³-hybridized carbons (Fsp3) is 0.558. The van der Waals surface area contributed by atoms with E-state index in [-0.39, 0.29) is 29.7 Å². The van der Waals surface area contributed by atoms with Gasteiger partial charge in [0, 0.05) is 40.8 Å². The molecule has 3 heterocycles. The molecule has 2 aliphatic heterocycles. The molecule has 62 heavy (non-hydrogen) atoms. The molecule has 1 aromatic carbocycles. The summed E-state index contributed by atoms with van der Waals surface area (Å²) in [7, 11) is 0. The van der Waals surface area contributed by atoms with Crippen LogP contribution in [0.3, 0.4) is 0 Å². The first kappa shape index (κ1) is 45.6. The van der Waals surface area contributed by atoms with Crippen molar-refractivity contribution < 1.29 is 86.1 Å². The van der Waals surface area contributed by atoms with Gasteiger partial charge in [0.25, 0.3) is 0 Å². The zero-order valence-corrected chi connectivity index (χ0v) is 35.4. The molecule has 4 bridgehead atoms. The van der Waals surface area contributed by atoms with Crippen LogP contribution >= 0.6 is 0 Å². The number of carbonyl (C=O) groups is 8. The van der Waals surface area contributed by atoms with Crippen molar-refractivity contribution in [1.82, 2.24) is 4.98 Å². The first-order valence-electron chi connectivity index (χ1n) is 19.9. The highest BCUT2D eigenvalue weighted by atomic mass is 16.7. The monoisotopic (exact) mass is 867 g/mol. The third-order valence-electron chi connectivity index (χ3n) is 12.1. The summed E-state index contributed by atoms with van der Waals surface area (Å²) < 4.78 is 55.3. The van der Waals surface area contributed by atoms with Gasteiger partial charge in [0.15, 0.2) is 30.0 Å². The van der Waals surface area contributed by atoms with Gasteiger partial charge in [-0.1, -0.05) is 25.1 Å². The minimum absolute atomic E-state index is 0.0225. The SMILES string of the molecule is CC(=O)OC[C@]12[C@H](OC(C)=O)[C@H](OC(C)=O)[C@@H]3[C@@H](OC(C)=O)[C@@]14O[C@@]3(C)COC(=O)c1cccnc1CC[C@H](C)C(=O)O[C@@H]([C@H](OC(=O)c1ccccc1)[C@@H]2OC(C)=O)[C@@]4(C)O. The highest BCUT2D eigenvalue weighted by Crippen LogP contribution is 2.70. The summed E-state index contributed by atoms with van der Waals surface area (Å²) in [6.07, 6.45) is -10.6. The third-order valence-corrected chi connectivity index (χ3v) is 12.1. The number of aryl methyl sites for hydroxylation is 1. The van der Waals surface area contributed by atoms with Gasteiger partial charge in [-0.3, -0.25) is 33.8 Å². The zero-order valence-electron chi connectivity index (χ0n) is 35.4. The third kappa shape index (κ3) is 7.76. The van der Waals surface area contributed by atoms with E-state index in [1.807, 2.05) is 0 Å². The molecule has 0 amide bonds. The number of hydrogen-bond acceptors (Lipinski definition) is 19. The topological polar surface area (TPSA) is 253 Å². The fourth-order valence-electron chi connectivity index (χ4n) is 9.73. The van der Waals surface area contributed by atoms with E-state index < -0.39 is 132 Å². The number of ether oxygens (including phenoxy) is 9. The van der Waals surface area contributed by atoms with E-state index in [9.17, 15) is 43.5 Å². The van der Waals surface area contributed by atoms with Crippen LogP contribution in [0.5, 0.6) is 0 Å². The van der Waals surface area contributed by atoms with Crippen molar-refractivity contribution in [1.29, 1.82) is 0 Å². The molecule has 19 nitrogen and oxygen atoms in total. The summed E-state index contributed by atoms with van der Waals surface area (Å²) in [6, 6.07) is 10.4. The Morgan fingerprint density at radius 3 is 1.97 bits per heavy atom. The van der Waals surface area contributed by atoms with E-state index in [1.54, 1.807) is 6.07 Å². The Labute approximate surface area is 355 Å². The van der Waals surface area contributed by atoms with Crippen LogP contribution in [-0.2, 0) is 77.8 Å². The normalized spacial score (nSPS) is 35.0. The molecular formula is C43H49NO18. The second-order valence-electron chi connectivity index (χ2n) is 16.4. The molecule has 0 radical (unpaired) electrons. The Kier molecular flexibility index (Phi) is 12.6. The van der Waals surface area contributed by atoms with Crippen molar-refractivity contribution in [2.24, 2.45) is 17.3 Å². The Morgan fingerprint density at radius 2 is 1.37 bits per heavy atom. The van der Waals surface area contributed by atoms with Gasteiger partial charge in [0.2, 0.25) is 0 Å². The number of aromatic nitrogens is 1. The summed E-state index contributed by atoms with van der Waals surface area (Å²) in [5.74, 6) is -10.7. The molecule has 1 saturated heterocycles. The molecule has 4 aliphatic rings. The Morgan fingerprint density at radius 1 is 0.774 bits per heavy atom. The minimum Gasteiger partial charge on any atom is -0.465 e. The Balaban J connectivity index is 1.77. The lowest BCUT2D eigenvalue weighted by molar-refractivity contribution is -0.386. The number of hydrogen-bond donors (Lipinski definition) is 1. The number of esters is 8. The van der Waals surface area contributed by atoms with Crippen LogP contribution in [-0.4, -0.2) is 124 Å². The summed E-state index contributed by atoms with van der Waals surface area (Å²) in [5, 5.41) is 13.6. The molecule has 1 spiro atoms. The number of benzene rings is 1. The molecule has 2 aliphatic carbocycles. The van der Waals surface area contributed by atoms with E-state index in [4.69, 9.17) is 42.6 Å². The largest absolute Gasteiger partial charge is 0.465 e. The molecule has 19 heteroatoms. The molecule has 2 aromatic rings. The lowest BCUT2D eigenvalue weighted by Gasteiger charge is -2.67. The molecule has 1 aromatic heterocycles. The zero-order chi connectivity index (χ0) is 45.5. The standard InChI is InChI=1S/C43H49NO18/c1-21-16-17-29-28(15-12-18-44-29)39(52)55-19-40(7)30-31(56-23(3)46)35(58-25(5)48)42(20-54-22(2)45)36(59-26(6)49)32(60-38(51)27-13-10-9-11-14-27)34(61-37(21)50)41(8,53)43(42,62-40)33(30)57-24(4)47/h9-15,18,21,30-36,53H,16-17,19-20H2,1-8H3/t21-,30+,31+,32-,33+,34-,35+,36-,40-,41+,42+,43-/m0/s1. The van der Waals surface area contributed by atoms with Crippen LogP contribution < -0.4 is 0 Å². The predicted molar refractivity (Wildman–Crippen MR) is 205 cm³/mol. The number of aliphatic hydroxyl groups is 1. The molecule has 0 unspecified atom stereocenters. The van der Waals surface area contributed by atoms with Crippen LogP contribution in [0.15, 0.2) is 48.7 Å². The highest BCUT2D eigenvalue weighted by Gasteiger charge is 2.92. The lowest BCUT2D eigenvalue weighted by Crippen LogP contribution is -2.89. The van der Waals surface area contributed by atoms with Crippen molar-refractivity contribution in [2.75, 3.05) is 13.2 Å². The minimum atomic E-state index is -2.86. The number of nitrogens with zero attached hydrogens (tertiary/aromatic N) is 1. The number of cyclic esters (lactones) is 1. The van der Waals surface area contributed by atoms with Gasteiger partial charge in [0.1, 0.15) is 42.0 Å². The maximum Gasteiger partial charge on any atom is 0.340 e. The van der Waals surface area contributed by atoms with E-state index in [0.29, 0.717) is 0 Å². The van der Waals surface area contributed by atoms with Crippen molar-refractivity contribution >= 4 is 47.8 Å². The second-order valence-corrected chi connectivity index (χ2v) is 16.4. The maximum absolute atomic E-state index is 14.4. The van der Waals surface area contributed by atoms with Gasteiger partial charge in [-0.25, -0.2) is 9.59 Å². The molecule has 1 N–H and O–H groups in total. The summed E-state index contributed by atoms with van der Waals surface area (Å²) in [5.41, 5.74) is -10.1. The van der Waals surface area contributed by atoms with E-state index in [2.05, 4.69) is 4.98 Å². The maximum atomic E-state index is 14.4. The van der Waals surface area contributed by atoms with Crippen LogP contribution in [0.1, 0.15) is 88.2 Å². The summed E-state index contributed by atoms with van der Waals surface area (Å²) >= 11 is 0. The van der Waals surface area contributed by atoms with Gasteiger partial charge in [-0.15, -0.1) is 0 Å². The second kappa shape index (κ2) is 17.1. The molecule has 334 valence electrons. The fourth-order valence-corrected chi connectivity index (χ4v) is 9.73. The predicted octanol–water partition coefficient (Wildman–Crippen LogP) is 2.16. The summed E-state index contributed by atoms with van der Waals surface area (Å²) in [4.78, 5) is 113. The van der Waals surface area contributed by atoms with Gasteiger partial charge in [-0.2, -0.15) is 0 Å². The van der Waals surface area contributed by atoms with Gasteiger partial charge in [0.05, 0.1) is 28.7 Å². The lowest BCUT2D eigenvalue weighted by atomic mass is 9.45. The number of pyridine rings is 1. The molecule has 3 fully saturated rings. The number of carbonyl (C=O) groups excluding carboxylic acids is 8. The van der Waals surface area contributed by atoms with E-state index >= 15 is 0 Å². The van der Waals surface area contributed by atoms with Crippen LogP contribution in [0, 0.1) is 17.3 Å². The number of fused-ring (bicyclic) bond motifs is 5. The van der Waals surface area contributed by atoms with Gasteiger partial charge in [-0.05, 0) is 51.0 Å². The average molecular weight is 868 g/mol. The first-order chi connectivity index (χ1) is 29.1. The van der Waals surface area contributed by atoms with Crippen molar-refractivity contribution in [2.45, 2.75) is 122 Å². The number of rotatable bonds is 8. The van der Waals surface area contributed by atoms with Crippen molar-refractivity contribution in [3.8, 4) is 0 Å². The van der Waals surface area contributed by atoms with E-state index in [1.165, 1.54) is 56.4 Å². The Hall–Kier alpha value is -5.95. The molecular weight excluding hydrogens is 818 g/mol. The van der Waals surface area contributed by atoms with Crippen LogP contribution in [0.25, 0.3) is 0 Å².